The molecule has 0 saturated carbocycles. The lowest BCUT2D eigenvalue weighted by molar-refractivity contribution is -0.118. The first-order chi connectivity index (χ1) is 14.1. The molecule has 1 atom stereocenters. The van der Waals surface area contributed by atoms with Crippen LogP contribution in [0.5, 0.6) is 0 Å². The van der Waals surface area contributed by atoms with Crippen molar-refractivity contribution < 1.29 is 9.59 Å². The lowest BCUT2D eigenvalue weighted by Gasteiger charge is -2.16. The van der Waals surface area contributed by atoms with Gasteiger partial charge in [-0.15, -0.1) is 0 Å². The molecule has 0 aromatic rings. The zero-order valence-electron chi connectivity index (χ0n) is 18.4. The Morgan fingerprint density at radius 2 is 2.03 bits per heavy atom. The topological polar surface area (TPSA) is 60.2 Å². The van der Waals surface area contributed by atoms with Gasteiger partial charge in [0.1, 0.15) is 0 Å². The summed E-state index contributed by atoms with van der Waals surface area (Å²) in [7, 11) is 0. The number of aldehydes is 1. The average Bonchev–Trinajstić information content (AvgIpc) is 2.67. The summed E-state index contributed by atoms with van der Waals surface area (Å²) in [6.07, 6.45) is 16.1. The lowest BCUT2D eigenvalue weighted by atomic mass is 9.86. The summed E-state index contributed by atoms with van der Waals surface area (Å²) in [5, 5.41) is 1.59. The van der Waals surface area contributed by atoms with E-state index in [1.807, 2.05) is 65.0 Å². The molecular formula is C26H31NO2S. The van der Waals surface area contributed by atoms with Gasteiger partial charge in [0.05, 0.1) is 5.41 Å². The van der Waals surface area contributed by atoms with Crippen LogP contribution in [0.15, 0.2) is 82.0 Å². The number of hydrogen-bond acceptors (Lipinski definition) is 4. The maximum Gasteiger partial charge on any atom is 0.165 e. The van der Waals surface area contributed by atoms with E-state index in [1.54, 1.807) is 23.6 Å². The van der Waals surface area contributed by atoms with Crippen molar-refractivity contribution in [1.29, 1.82) is 0 Å². The van der Waals surface area contributed by atoms with Crippen LogP contribution in [0.1, 0.15) is 41.0 Å². The molecule has 1 unspecified atom stereocenters. The molecular weight excluding hydrogens is 390 g/mol. The molecule has 0 saturated heterocycles. The number of carbonyl (C=O) groups excluding carboxylic acids is 2. The molecule has 0 aromatic carbocycles. The zero-order valence-corrected chi connectivity index (χ0v) is 19.3. The number of rotatable bonds is 6. The third-order valence-corrected chi connectivity index (χ3v) is 4.72. The summed E-state index contributed by atoms with van der Waals surface area (Å²) in [5.74, 6) is 6.23. The SMILES string of the molecule is CC1=C\C(C)(/C=C/C(=C\C=C/S)C(=O)C(C)C)C#C/C=C(C)/C(C=O)=C(/N)C/C=C\1. The summed E-state index contributed by atoms with van der Waals surface area (Å²) in [6, 6.07) is 0. The average molecular weight is 422 g/mol. The third kappa shape index (κ3) is 7.93. The molecule has 30 heavy (non-hydrogen) atoms. The van der Waals surface area contributed by atoms with E-state index in [1.165, 1.54) is 0 Å². The molecule has 2 N–H and O–H groups in total. The molecule has 4 heteroatoms. The summed E-state index contributed by atoms with van der Waals surface area (Å²) >= 11 is 4.07. The second-order valence-electron chi connectivity index (χ2n) is 7.75. The van der Waals surface area contributed by atoms with Crippen LogP contribution in [-0.4, -0.2) is 12.1 Å². The van der Waals surface area contributed by atoms with E-state index in [9.17, 15) is 9.59 Å². The fourth-order valence-corrected chi connectivity index (χ4v) is 2.98. The molecule has 0 amide bonds. The van der Waals surface area contributed by atoms with E-state index in [0.29, 0.717) is 23.3 Å². The van der Waals surface area contributed by atoms with Crippen molar-refractivity contribution in [2.45, 2.75) is 41.0 Å². The molecule has 0 aromatic heterocycles. The summed E-state index contributed by atoms with van der Waals surface area (Å²) < 4.78 is 0. The minimum atomic E-state index is -0.609. The monoisotopic (exact) mass is 421 g/mol. The Kier molecular flexibility index (Phi) is 10.1. The van der Waals surface area contributed by atoms with E-state index in [-0.39, 0.29) is 11.7 Å². The van der Waals surface area contributed by atoms with E-state index in [2.05, 4.69) is 24.5 Å². The lowest BCUT2D eigenvalue weighted by Crippen LogP contribution is -2.11. The van der Waals surface area contributed by atoms with Gasteiger partial charge in [-0.25, -0.2) is 0 Å². The Balaban J connectivity index is 3.51. The Labute approximate surface area is 186 Å². The van der Waals surface area contributed by atoms with Crippen LogP contribution in [0.4, 0.5) is 0 Å². The van der Waals surface area contributed by atoms with E-state index >= 15 is 0 Å². The predicted octanol–water partition coefficient (Wildman–Crippen LogP) is 5.41. The zero-order chi connectivity index (χ0) is 22.7. The van der Waals surface area contributed by atoms with Gasteiger partial charge in [0.15, 0.2) is 12.1 Å². The smallest absolute Gasteiger partial charge is 0.165 e. The highest BCUT2D eigenvalue weighted by atomic mass is 32.1. The second-order valence-corrected chi connectivity index (χ2v) is 8.04. The Hall–Kier alpha value is -2.77. The van der Waals surface area contributed by atoms with Crippen molar-refractivity contribution in [3.63, 3.8) is 0 Å². The number of hydrogen-bond donors (Lipinski definition) is 2. The molecule has 158 valence electrons. The van der Waals surface area contributed by atoms with Crippen LogP contribution in [0, 0.1) is 23.2 Å². The van der Waals surface area contributed by atoms with Gasteiger partial charge < -0.3 is 5.73 Å². The van der Waals surface area contributed by atoms with Gasteiger partial charge in [0.25, 0.3) is 0 Å². The van der Waals surface area contributed by atoms with Crippen molar-refractivity contribution >= 4 is 24.7 Å². The van der Waals surface area contributed by atoms with Crippen molar-refractivity contribution in [3.8, 4) is 11.8 Å². The molecule has 0 bridgehead atoms. The number of allylic oxidation sites excluding steroid dienone is 12. The quantitative estimate of drug-likeness (QED) is 0.198. The van der Waals surface area contributed by atoms with Crippen molar-refractivity contribution in [1.82, 2.24) is 0 Å². The highest BCUT2D eigenvalue weighted by Gasteiger charge is 2.17. The first kappa shape index (κ1) is 25.3. The standard InChI is InChI=1S/C26H31NO2S/c1-19(2)25(29)22(11-8-16-30)13-15-26(5)14-7-10-21(4)23(18-28)24(27)12-6-9-20(3)17-26/h6,8-11,13,15-19,30H,12,27H2,1-5H3/b9-6-,15-13+,16-8-,20-17+,21-10+,22-11+,24-23+. The summed E-state index contributed by atoms with van der Waals surface area (Å²) in [6.45, 7) is 9.54. The summed E-state index contributed by atoms with van der Waals surface area (Å²) in [4.78, 5) is 24.0. The normalized spacial score (nSPS) is 28.0. The molecule has 0 radical (unpaired) electrons. The molecule has 0 spiro atoms. The van der Waals surface area contributed by atoms with Crippen molar-refractivity contribution in [2.75, 3.05) is 0 Å². The van der Waals surface area contributed by atoms with Crippen LogP contribution in [0.2, 0.25) is 0 Å². The first-order valence-corrected chi connectivity index (χ1v) is 10.4. The molecule has 0 aliphatic heterocycles. The number of nitrogens with two attached hydrogens (primary N) is 1. The second kappa shape index (κ2) is 12.0. The van der Waals surface area contributed by atoms with Crippen molar-refractivity contribution in [2.24, 2.45) is 17.1 Å². The molecule has 0 heterocycles. The Morgan fingerprint density at radius 1 is 1.33 bits per heavy atom. The third-order valence-electron chi connectivity index (χ3n) is 4.54. The van der Waals surface area contributed by atoms with Gasteiger partial charge >= 0.3 is 0 Å². The summed E-state index contributed by atoms with van der Waals surface area (Å²) in [5.41, 5.74) is 8.77. The number of carbonyl (C=O) groups is 2. The Morgan fingerprint density at radius 3 is 2.63 bits per heavy atom. The largest absolute Gasteiger partial charge is 0.401 e. The highest BCUT2D eigenvalue weighted by Crippen LogP contribution is 2.24. The van der Waals surface area contributed by atoms with Gasteiger partial charge in [-0.1, -0.05) is 73.8 Å². The van der Waals surface area contributed by atoms with Crippen LogP contribution >= 0.6 is 12.6 Å². The molecule has 0 fully saturated rings. The minimum absolute atomic E-state index is 0.0509. The van der Waals surface area contributed by atoms with E-state index in [4.69, 9.17) is 5.73 Å². The molecule has 3 nitrogen and oxygen atoms in total. The molecule has 1 rings (SSSR count). The van der Waals surface area contributed by atoms with Crippen LogP contribution in [0.3, 0.4) is 0 Å². The van der Waals surface area contributed by atoms with Gasteiger partial charge in [-0.2, -0.15) is 12.6 Å². The number of Topliss-reactive ketones (excluding diaryl/α,β-unsaturated/α-hetero) is 1. The minimum Gasteiger partial charge on any atom is -0.401 e. The Bertz CT molecular complexity index is 943. The van der Waals surface area contributed by atoms with Crippen LogP contribution in [-0.2, 0) is 9.59 Å². The molecule has 1 aliphatic carbocycles. The van der Waals surface area contributed by atoms with E-state index in [0.717, 1.165) is 17.4 Å². The number of ketones is 1. The maximum absolute atomic E-state index is 12.5. The highest BCUT2D eigenvalue weighted by molar-refractivity contribution is 7.83. The fourth-order valence-electron chi connectivity index (χ4n) is 2.89. The molecule has 1 aliphatic rings. The van der Waals surface area contributed by atoms with Crippen LogP contribution in [0.25, 0.3) is 0 Å². The van der Waals surface area contributed by atoms with Gasteiger partial charge in [-0.3, -0.25) is 9.59 Å². The van der Waals surface area contributed by atoms with Gasteiger partial charge in [0, 0.05) is 29.2 Å². The van der Waals surface area contributed by atoms with Crippen molar-refractivity contribution in [3.05, 3.63) is 82.0 Å². The fraction of sp³-hybridized carbons (Fsp3) is 0.308. The first-order valence-electron chi connectivity index (χ1n) is 9.87. The number of thiol groups is 1. The van der Waals surface area contributed by atoms with Crippen LogP contribution < -0.4 is 5.73 Å². The predicted molar refractivity (Wildman–Crippen MR) is 130 cm³/mol. The van der Waals surface area contributed by atoms with E-state index < -0.39 is 5.41 Å². The van der Waals surface area contributed by atoms with Gasteiger partial charge in [-0.05, 0) is 37.8 Å². The maximum atomic E-state index is 12.5. The van der Waals surface area contributed by atoms with Gasteiger partial charge in [0.2, 0.25) is 0 Å².